The number of nitrogens with zero attached hydrogens (tertiary/aromatic N) is 1. The van der Waals surface area contributed by atoms with Crippen molar-refractivity contribution in [3.8, 4) is 5.75 Å². The molecule has 5 heteroatoms. The molecule has 0 radical (unpaired) electrons. The van der Waals surface area contributed by atoms with Crippen LogP contribution in [0.25, 0.3) is 0 Å². The van der Waals surface area contributed by atoms with Gasteiger partial charge in [0.25, 0.3) is 5.91 Å². The van der Waals surface area contributed by atoms with Crippen LogP contribution < -0.4 is 9.64 Å². The van der Waals surface area contributed by atoms with Crippen molar-refractivity contribution in [3.63, 3.8) is 0 Å². The summed E-state index contributed by atoms with van der Waals surface area (Å²) in [5, 5.41) is 0. The highest BCUT2D eigenvalue weighted by atomic mass is 16.5. The number of rotatable bonds is 3. The van der Waals surface area contributed by atoms with E-state index in [4.69, 9.17) is 9.47 Å². The van der Waals surface area contributed by atoms with E-state index in [1.54, 1.807) is 32.0 Å². The number of carbonyl (C=O) groups is 2. The first kappa shape index (κ1) is 12.4. The fourth-order valence-corrected chi connectivity index (χ4v) is 1.76. The van der Waals surface area contributed by atoms with Crippen LogP contribution in [0.4, 0.5) is 5.69 Å². The van der Waals surface area contributed by atoms with Gasteiger partial charge in [0, 0.05) is 0 Å². The predicted molar refractivity (Wildman–Crippen MR) is 65.5 cm³/mol. The van der Waals surface area contributed by atoms with E-state index in [9.17, 15) is 9.59 Å². The molecular weight excluding hydrogens is 234 g/mol. The van der Waals surface area contributed by atoms with Gasteiger partial charge >= 0.3 is 5.97 Å². The first-order valence-corrected chi connectivity index (χ1v) is 5.79. The number of esters is 1. The maximum absolute atomic E-state index is 11.8. The zero-order valence-corrected chi connectivity index (χ0v) is 10.4. The van der Waals surface area contributed by atoms with Crippen molar-refractivity contribution in [2.24, 2.45) is 0 Å². The van der Waals surface area contributed by atoms with Gasteiger partial charge in [-0.05, 0) is 26.0 Å². The molecule has 1 aromatic rings. The van der Waals surface area contributed by atoms with Gasteiger partial charge in [-0.25, -0.2) is 0 Å². The highest BCUT2D eigenvalue weighted by molar-refractivity contribution is 6.01. The van der Waals surface area contributed by atoms with Crippen molar-refractivity contribution in [3.05, 3.63) is 24.3 Å². The Balaban J connectivity index is 2.17. The molecule has 0 aromatic heterocycles. The van der Waals surface area contributed by atoms with E-state index >= 15 is 0 Å². The van der Waals surface area contributed by atoms with E-state index in [2.05, 4.69) is 0 Å². The number of anilines is 1. The molecule has 1 aliphatic rings. The molecule has 0 N–H and O–H groups in total. The Bertz CT molecular complexity index is 470. The Labute approximate surface area is 105 Å². The van der Waals surface area contributed by atoms with Crippen LogP contribution in [0.3, 0.4) is 0 Å². The third-order valence-corrected chi connectivity index (χ3v) is 2.46. The first-order chi connectivity index (χ1) is 8.58. The summed E-state index contributed by atoms with van der Waals surface area (Å²) in [6, 6.07) is 7.12. The summed E-state index contributed by atoms with van der Waals surface area (Å²) < 4.78 is 10.3. The monoisotopic (exact) mass is 249 g/mol. The van der Waals surface area contributed by atoms with Gasteiger partial charge in [0.1, 0.15) is 12.3 Å². The molecule has 0 saturated heterocycles. The van der Waals surface area contributed by atoms with E-state index in [0.29, 0.717) is 11.4 Å². The topological polar surface area (TPSA) is 55.8 Å². The van der Waals surface area contributed by atoms with E-state index in [1.165, 1.54) is 4.90 Å². The molecule has 0 atom stereocenters. The average Bonchev–Trinajstić information content (AvgIpc) is 2.32. The normalized spacial score (nSPS) is 14.2. The highest BCUT2D eigenvalue weighted by Crippen LogP contribution is 2.31. The second-order valence-corrected chi connectivity index (χ2v) is 4.27. The van der Waals surface area contributed by atoms with Crippen LogP contribution in [-0.2, 0) is 14.3 Å². The molecule has 1 amide bonds. The Morgan fingerprint density at radius 2 is 2.17 bits per heavy atom. The summed E-state index contributed by atoms with van der Waals surface area (Å²) in [5.74, 6) is -0.0566. The van der Waals surface area contributed by atoms with Crippen LogP contribution in [0.1, 0.15) is 13.8 Å². The molecule has 96 valence electrons. The number of hydrogen-bond acceptors (Lipinski definition) is 4. The minimum absolute atomic E-state index is 0.0496. The van der Waals surface area contributed by atoms with Crippen LogP contribution in [0.15, 0.2) is 24.3 Å². The van der Waals surface area contributed by atoms with Gasteiger partial charge in [-0.2, -0.15) is 0 Å². The molecule has 0 unspecified atom stereocenters. The summed E-state index contributed by atoms with van der Waals surface area (Å²) >= 11 is 0. The maximum atomic E-state index is 11.8. The summed E-state index contributed by atoms with van der Waals surface area (Å²) in [6.45, 7) is 3.41. The standard InChI is InChI=1S/C13H15NO4/c1-9(2)18-13(16)7-14-10-5-3-4-6-11(10)17-8-12(14)15/h3-6,9H,7-8H2,1-2H3. The van der Waals surface area contributed by atoms with Gasteiger partial charge in [0.15, 0.2) is 6.61 Å². The molecule has 0 saturated carbocycles. The van der Waals surface area contributed by atoms with Gasteiger partial charge in [-0.15, -0.1) is 0 Å². The summed E-state index contributed by atoms with van der Waals surface area (Å²) in [7, 11) is 0. The lowest BCUT2D eigenvalue weighted by atomic mass is 10.2. The fourth-order valence-electron chi connectivity index (χ4n) is 1.76. The Hall–Kier alpha value is -2.04. The molecule has 1 aromatic carbocycles. The molecule has 0 aliphatic carbocycles. The van der Waals surface area contributed by atoms with Crippen molar-refractivity contribution < 1.29 is 19.1 Å². The number of amides is 1. The number of ether oxygens (including phenoxy) is 2. The van der Waals surface area contributed by atoms with Gasteiger partial charge in [-0.3, -0.25) is 14.5 Å². The average molecular weight is 249 g/mol. The van der Waals surface area contributed by atoms with E-state index in [-0.39, 0.29) is 25.2 Å². The van der Waals surface area contributed by atoms with Crippen LogP contribution in [0, 0.1) is 0 Å². The Morgan fingerprint density at radius 1 is 1.44 bits per heavy atom. The molecule has 1 heterocycles. The lowest BCUT2D eigenvalue weighted by Crippen LogP contribution is -2.42. The maximum Gasteiger partial charge on any atom is 0.326 e. The first-order valence-electron chi connectivity index (χ1n) is 5.79. The lowest BCUT2D eigenvalue weighted by Gasteiger charge is -2.28. The van der Waals surface area contributed by atoms with Crippen molar-refractivity contribution >= 4 is 17.6 Å². The minimum Gasteiger partial charge on any atom is -0.482 e. The van der Waals surface area contributed by atoms with Gasteiger partial charge in [0.05, 0.1) is 11.8 Å². The van der Waals surface area contributed by atoms with Crippen LogP contribution >= 0.6 is 0 Å². The SMILES string of the molecule is CC(C)OC(=O)CN1C(=O)COc2ccccc21. The van der Waals surface area contributed by atoms with Crippen molar-refractivity contribution in [1.29, 1.82) is 0 Å². The third-order valence-electron chi connectivity index (χ3n) is 2.46. The largest absolute Gasteiger partial charge is 0.482 e. The second kappa shape index (κ2) is 5.08. The zero-order valence-electron chi connectivity index (χ0n) is 10.4. The van der Waals surface area contributed by atoms with E-state index in [0.717, 1.165) is 0 Å². The van der Waals surface area contributed by atoms with Crippen molar-refractivity contribution in [2.45, 2.75) is 20.0 Å². The number of hydrogen-bond donors (Lipinski definition) is 0. The quantitative estimate of drug-likeness (QED) is 0.759. The van der Waals surface area contributed by atoms with Crippen molar-refractivity contribution in [1.82, 2.24) is 0 Å². The zero-order chi connectivity index (χ0) is 13.1. The summed E-state index contributed by atoms with van der Waals surface area (Å²) in [5.41, 5.74) is 0.606. The molecular formula is C13H15NO4. The Morgan fingerprint density at radius 3 is 2.89 bits per heavy atom. The van der Waals surface area contributed by atoms with Gasteiger partial charge < -0.3 is 9.47 Å². The van der Waals surface area contributed by atoms with E-state index < -0.39 is 5.97 Å². The smallest absolute Gasteiger partial charge is 0.326 e. The lowest BCUT2D eigenvalue weighted by molar-refractivity contribution is -0.146. The molecule has 0 spiro atoms. The van der Waals surface area contributed by atoms with Crippen molar-refractivity contribution in [2.75, 3.05) is 18.1 Å². The minimum atomic E-state index is -0.421. The van der Waals surface area contributed by atoms with Gasteiger partial charge in [-0.1, -0.05) is 12.1 Å². The highest BCUT2D eigenvalue weighted by Gasteiger charge is 2.27. The number of fused-ring (bicyclic) bond motifs is 1. The second-order valence-electron chi connectivity index (χ2n) is 4.27. The molecule has 18 heavy (non-hydrogen) atoms. The van der Waals surface area contributed by atoms with Crippen LogP contribution in [0.2, 0.25) is 0 Å². The summed E-state index contributed by atoms with van der Waals surface area (Å²) in [6.07, 6.45) is -0.191. The molecule has 2 rings (SSSR count). The number of para-hydroxylation sites is 2. The number of carbonyl (C=O) groups excluding carboxylic acids is 2. The Kier molecular flexibility index (Phi) is 3.50. The van der Waals surface area contributed by atoms with E-state index in [1.807, 2.05) is 6.07 Å². The fraction of sp³-hybridized carbons (Fsp3) is 0.385. The number of benzene rings is 1. The van der Waals surface area contributed by atoms with Gasteiger partial charge in [0.2, 0.25) is 0 Å². The molecule has 1 aliphatic heterocycles. The predicted octanol–water partition coefficient (Wildman–Crippen LogP) is 1.36. The summed E-state index contributed by atoms with van der Waals surface area (Å²) in [4.78, 5) is 24.8. The van der Waals surface area contributed by atoms with Crippen LogP contribution in [0.5, 0.6) is 5.75 Å². The molecule has 5 nitrogen and oxygen atoms in total. The third kappa shape index (κ3) is 2.61. The van der Waals surface area contributed by atoms with Crippen LogP contribution in [-0.4, -0.2) is 31.1 Å². The molecule has 0 fully saturated rings. The molecule has 0 bridgehead atoms.